The van der Waals surface area contributed by atoms with Crippen LogP contribution in [0.4, 0.5) is 5.69 Å². The lowest BCUT2D eigenvalue weighted by Gasteiger charge is -2.23. The van der Waals surface area contributed by atoms with Crippen LogP contribution in [-0.2, 0) is 21.2 Å². The molecule has 2 heterocycles. The van der Waals surface area contributed by atoms with Gasteiger partial charge in [0.05, 0.1) is 4.90 Å². The molecule has 1 aromatic carbocycles. The average molecular weight is 360 g/mol. The van der Waals surface area contributed by atoms with Crippen LogP contribution in [0, 0.1) is 0 Å². The van der Waals surface area contributed by atoms with Gasteiger partial charge >= 0.3 is 0 Å². The highest BCUT2D eigenvalue weighted by Gasteiger charge is 2.35. The molecule has 6 nitrogen and oxygen atoms in total. The molecule has 1 unspecified atom stereocenters. The van der Waals surface area contributed by atoms with E-state index in [0.717, 1.165) is 30.5 Å². The van der Waals surface area contributed by atoms with Gasteiger partial charge in [-0.15, -0.1) is 12.4 Å². The fraction of sp³-hybridized carbons (Fsp3) is 0.533. The van der Waals surface area contributed by atoms with Crippen LogP contribution in [0.25, 0.3) is 0 Å². The molecule has 23 heavy (non-hydrogen) atoms. The van der Waals surface area contributed by atoms with E-state index in [9.17, 15) is 13.2 Å². The maximum atomic E-state index is 12.8. The van der Waals surface area contributed by atoms with Crippen molar-refractivity contribution in [2.45, 2.75) is 37.1 Å². The maximum Gasteiger partial charge on any atom is 0.243 e. The Labute approximate surface area is 143 Å². The van der Waals surface area contributed by atoms with Gasteiger partial charge in [0.1, 0.15) is 0 Å². The third kappa shape index (κ3) is 3.10. The Kier molecular flexibility index (Phi) is 5.35. The van der Waals surface area contributed by atoms with E-state index in [1.807, 2.05) is 6.07 Å². The van der Waals surface area contributed by atoms with Gasteiger partial charge < -0.3 is 10.6 Å². The van der Waals surface area contributed by atoms with Crippen LogP contribution in [0.15, 0.2) is 23.1 Å². The number of amides is 1. The number of anilines is 1. The molecule has 0 bridgehead atoms. The summed E-state index contributed by atoms with van der Waals surface area (Å²) in [6.45, 7) is 2.96. The van der Waals surface area contributed by atoms with Crippen LogP contribution in [0.1, 0.15) is 25.3 Å². The summed E-state index contributed by atoms with van der Waals surface area (Å²) in [5.74, 6) is -0.0608. The molecule has 2 aliphatic heterocycles. The minimum absolute atomic E-state index is 0. The van der Waals surface area contributed by atoms with Crippen LogP contribution in [0.2, 0.25) is 0 Å². The number of benzene rings is 1. The number of rotatable bonds is 3. The van der Waals surface area contributed by atoms with E-state index in [0.29, 0.717) is 19.6 Å². The zero-order valence-electron chi connectivity index (χ0n) is 13.1. The first-order chi connectivity index (χ1) is 10.4. The Morgan fingerprint density at radius 2 is 2.09 bits per heavy atom. The van der Waals surface area contributed by atoms with E-state index >= 15 is 0 Å². The zero-order chi connectivity index (χ0) is 15.9. The first kappa shape index (κ1) is 18.2. The van der Waals surface area contributed by atoms with Crippen LogP contribution >= 0.6 is 12.4 Å². The van der Waals surface area contributed by atoms with Gasteiger partial charge in [-0.2, -0.15) is 4.31 Å². The van der Waals surface area contributed by atoms with E-state index in [1.54, 1.807) is 17.0 Å². The van der Waals surface area contributed by atoms with Gasteiger partial charge in [-0.3, -0.25) is 4.79 Å². The van der Waals surface area contributed by atoms with E-state index in [2.05, 4.69) is 0 Å². The number of hydrogen-bond acceptors (Lipinski definition) is 4. The number of hydrogen-bond donors (Lipinski definition) is 1. The highest BCUT2D eigenvalue weighted by molar-refractivity contribution is 7.89. The number of nitrogens with two attached hydrogens (primary N) is 1. The van der Waals surface area contributed by atoms with Crippen molar-refractivity contribution in [2.75, 3.05) is 24.5 Å². The fourth-order valence-electron chi connectivity index (χ4n) is 3.34. The third-order valence-electron chi connectivity index (χ3n) is 4.53. The summed E-state index contributed by atoms with van der Waals surface area (Å²) in [7, 11) is -3.56. The smallest absolute Gasteiger partial charge is 0.243 e. The number of halogens is 1. The molecule has 2 N–H and O–H groups in total. The van der Waals surface area contributed by atoms with Gasteiger partial charge in [0.15, 0.2) is 0 Å². The third-order valence-corrected chi connectivity index (χ3v) is 6.48. The quantitative estimate of drug-likeness (QED) is 0.876. The molecule has 0 spiro atoms. The SMILES string of the molecule is CC(=O)N1CCc2ccc(S(=O)(=O)N3CCCC3CN)cc21.Cl. The summed E-state index contributed by atoms with van der Waals surface area (Å²) in [4.78, 5) is 13.6. The zero-order valence-corrected chi connectivity index (χ0v) is 14.7. The summed E-state index contributed by atoms with van der Waals surface area (Å²) in [5.41, 5.74) is 7.43. The second-order valence-corrected chi connectivity index (χ2v) is 7.75. The van der Waals surface area contributed by atoms with E-state index in [4.69, 9.17) is 5.73 Å². The van der Waals surface area contributed by atoms with Gasteiger partial charge in [0, 0.05) is 38.3 Å². The molecule has 1 atom stereocenters. The molecule has 1 fully saturated rings. The number of sulfonamides is 1. The Bertz CT molecular complexity index is 708. The van der Waals surface area contributed by atoms with Crippen LogP contribution < -0.4 is 10.6 Å². The number of carbonyl (C=O) groups excluding carboxylic acids is 1. The van der Waals surface area contributed by atoms with Gasteiger partial charge in [-0.1, -0.05) is 6.07 Å². The Morgan fingerprint density at radius 3 is 2.74 bits per heavy atom. The lowest BCUT2D eigenvalue weighted by Crippen LogP contribution is -2.39. The predicted molar refractivity (Wildman–Crippen MR) is 91.4 cm³/mol. The maximum absolute atomic E-state index is 12.8. The first-order valence-electron chi connectivity index (χ1n) is 7.58. The fourth-order valence-corrected chi connectivity index (χ4v) is 5.07. The van der Waals surface area contributed by atoms with Gasteiger partial charge in [0.2, 0.25) is 15.9 Å². The number of carbonyl (C=O) groups is 1. The van der Waals surface area contributed by atoms with Crippen molar-refractivity contribution in [1.82, 2.24) is 4.31 Å². The molecular weight excluding hydrogens is 338 g/mol. The molecule has 8 heteroatoms. The lowest BCUT2D eigenvalue weighted by atomic mass is 10.2. The Balaban J connectivity index is 0.00000192. The normalized spacial score (nSPS) is 21.1. The van der Waals surface area contributed by atoms with Crippen molar-refractivity contribution in [3.8, 4) is 0 Å². The molecule has 0 radical (unpaired) electrons. The summed E-state index contributed by atoms with van der Waals surface area (Å²) in [6.07, 6.45) is 2.41. The summed E-state index contributed by atoms with van der Waals surface area (Å²) in [6, 6.07) is 4.97. The Hall–Kier alpha value is -1.15. The van der Waals surface area contributed by atoms with Crippen molar-refractivity contribution >= 4 is 34.0 Å². The molecule has 0 aliphatic carbocycles. The van der Waals surface area contributed by atoms with Crippen molar-refractivity contribution < 1.29 is 13.2 Å². The Morgan fingerprint density at radius 1 is 1.35 bits per heavy atom. The molecule has 3 rings (SSSR count). The van der Waals surface area contributed by atoms with E-state index in [1.165, 1.54) is 11.2 Å². The molecule has 0 aromatic heterocycles. The highest BCUT2D eigenvalue weighted by atomic mass is 35.5. The average Bonchev–Trinajstić information content (AvgIpc) is 3.13. The monoisotopic (exact) mass is 359 g/mol. The van der Waals surface area contributed by atoms with Crippen LogP contribution in [0.3, 0.4) is 0 Å². The second-order valence-electron chi connectivity index (χ2n) is 5.86. The molecule has 2 aliphatic rings. The number of fused-ring (bicyclic) bond motifs is 1. The minimum atomic E-state index is -3.56. The van der Waals surface area contributed by atoms with Crippen LogP contribution in [-0.4, -0.2) is 44.3 Å². The predicted octanol–water partition coefficient (Wildman–Crippen LogP) is 1.13. The van der Waals surface area contributed by atoms with Crippen molar-refractivity contribution in [3.05, 3.63) is 23.8 Å². The van der Waals surface area contributed by atoms with E-state index < -0.39 is 10.0 Å². The van der Waals surface area contributed by atoms with Crippen molar-refractivity contribution in [3.63, 3.8) is 0 Å². The standard InChI is InChI=1S/C15H21N3O3S.ClH/c1-11(19)17-8-6-12-4-5-14(9-15(12)17)22(20,21)18-7-2-3-13(18)10-16;/h4-5,9,13H,2-3,6-8,10,16H2,1H3;1H. The van der Waals surface area contributed by atoms with Crippen LogP contribution in [0.5, 0.6) is 0 Å². The molecule has 1 aromatic rings. The second kappa shape index (κ2) is 6.76. The molecule has 1 amide bonds. The molecular formula is C15H22ClN3O3S. The minimum Gasteiger partial charge on any atom is -0.329 e. The topological polar surface area (TPSA) is 83.7 Å². The molecule has 1 saturated heterocycles. The van der Waals surface area contributed by atoms with Gasteiger partial charge in [-0.05, 0) is 37.0 Å². The first-order valence-corrected chi connectivity index (χ1v) is 9.02. The van der Waals surface area contributed by atoms with Crippen molar-refractivity contribution in [1.29, 1.82) is 0 Å². The summed E-state index contributed by atoms with van der Waals surface area (Å²) >= 11 is 0. The van der Waals surface area contributed by atoms with Gasteiger partial charge in [0.25, 0.3) is 0 Å². The highest BCUT2D eigenvalue weighted by Crippen LogP contribution is 2.33. The van der Waals surface area contributed by atoms with Gasteiger partial charge in [-0.25, -0.2) is 8.42 Å². The number of nitrogens with zero attached hydrogens (tertiary/aromatic N) is 2. The van der Waals surface area contributed by atoms with E-state index in [-0.39, 0.29) is 29.3 Å². The summed E-state index contributed by atoms with van der Waals surface area (Å²) < 4.78 is 27.2. The molecule has 128 valence electrons. The molecule has 0 saturated carbocycles. The lowest BCUT2D eigenvalue weighted by molar-refractivity contribution is -0.116. The van der Waals surface area contributed by atoms with Crippen molar-refractivity contribution in [2.24, 2.45) is 5.73 Å². The summed E-state index contributed by atoms with van der Waals surface area (Å²) in [5, 5.41) is 0. The largest absolute Gasteiger partial charge is 0.329 e.